The lowest BCUT2D eigenvalue weighted by Gasteiger charge is -2.21. The van der Waals surface area contributed by atoms with Crippen LogP contribution in [0.4, 0.5) is 0 Å². The van der Waals surface area contributed by atoms with Crippen molar-refractivity contribution in [3.8, 4) is 0 Å². The third-order valence-electron chi connectivity index (χ3n) is 21.5. The highest BCUT2D eigenvalue weighted by Crippen LogP contribution is 2.45. The number of esters is 4. The third kappa shape index (κ3) is 84.0. The summed E-state index contributed by atoms with van der Waals surface area (Å²) < 4.78 is 69.0. The molecule has 110 heavy (non-hydrogen) atoms. The molecule has 19 heteroatoms. The van der Waals surface area contributed by atoms with E-state index in [0.717, 1.165) is 95.8 Å². The highest BCUT2D eigenvalue weighted by atomic mass is 31.2. The van der Waals surface area contributed by atoms with Gasteiger partial charge >= 0.3 is 39.5 Å². The van der Waals surface area contributed by atoms with Crippen LogP contribution < -0.4 is 0 Å². The Kier molecular flexibility index (Phi) is 82.1. The van der Waals surface area contributed by atoms with Crippen molar-refractivity contribution in [3.05, 3.63) is 0 Å². The van der Waals surface area contributed by atoms with Crippen LogP contribution in [0.1, 0.15) is 497 Å². The zero-order valence-corrected chi connectivity index (χ0v) is 74.2. The second-order valence-electron chi connectivity index (χ2n) is 33.2. The first-order valence-corrected chi connectivity index (χ1v) is 50.1. The number of unbranched alkanes of at least 4 members (excludes halogenated alkanes) is 63. The van der Waals surface area contributed by atoms with Crippen molar-refractivity contribution in [2.45, 2.75) is 515 Å². The van der Waals surface area contributed by atoms with E-state index in [-0.39, 0.29) is 25.7 Å². The van der Waals surface area contributed by atoms with Gasteiger partial charge < -0.3 is 33.8 Å². The molecule has 17 nitrogen and oxygen atoms in total. The number of hydrogen-bond donors (Lipinski definition) is 3. The quantitative estimate of drug-likeness (QED) is 0.0222. The molecule has 0 saturated heterocycles. The molecule has 0 aliphatic carbocycles. The van der Waals surface area contributed by atoms with Crippen molar-refractivity contribution >= 4 is 39.5 Å². The molecule has 5 atom stereocenters. The van der Waals surface area contributed by atoms with Crippen molar-refractivity contribution in [1.29, 1.82) is 0 Å². The molecule has 0 aromatic carbocycles. The van der Waals surface area contributed by atoms with Crippen molar-refractivity contribution in [1.82, 2.24) is 0 Å². The Bertz CT molecular complexity index is 2080. The van der Waals surface area contributed by atoms with Crippen LogP contribution in [0, 0.1) is 5.92 Å². The van der Waals surface area contributed by atoms with Gasteiger partial charge in [0.05, 0.1) is 26.4 Å². The first-order chi connectivity index (χ1) is 53.5. The first-order valence-electron chi connectivity index (χ1n) is 47.1. The highest BCUT2D eigenvalue weighted by molar-refractivity contribution is 7.47. The summed E-state index contributed by atoms with van der Waals surface area (Å²) in [5.41, 5.74) is 0. The summed E-state index contributed by atoms with van der Waals surface area (Å²) in [6.45, 7) is 7.40. The van der Waals surface area contributed by atoms with Gasteiger partial charge in [-0.3, -0.25) is 37.3 Å². The van der Waals surface area contributed by atoms with E-state index in [1.54, 1.807) is 0 Å². The number of phosphoric acid groups is 2. The van der Waals surface area contributed by atoms with Crippen LogP contribution in [0.15, 0.2) is 0 Å². The van der Waals surface area contributed by atoms with Crippen LogP contribution in [0.25, 0.3) is 0 Å². The molecule has 0 amide bonds. The Morgan fingerprint density at radius 3 is 0.618 bits per heavy atom. The van der Waals surface area contributed by atoms with Gasteiger partial charge in [-0.1, -0.05) is 446 Å². The van der Waals surface area contributed by atoms with E-state index in [9.17, 15) is 43.2 Å². The zero-order valence-electron chi connectivity index (χ0n) is 72.4. The lowest BCUT2D eigenvalue weighted by Crippen LogP contribution is -2.30. The predicted octanol–water partition coefficient (Wildman–Crippen LogP) is 28.3. The molecule has 0 aliphatic rings. The van der Waals surface area contributed by atoms with E-state index in [4.69, 9.17) is 37.0 Å². The number of aliphatic hydroxyl groups is 1. The van der Waals surface area contributed by atoms with Gasteiger partial charge in [-0.2, -0.15) is 0 Å². The summed E-state index contributed by atoms with van der Waals surface area (Å²) in [5, 5.41) is 10.7. The average Bonchev–Trinajstić information content (AvgIpc) is 0.899. The smallest absolute Gasteiger partial charge is 0.462 e. The minimum absolute atomic E-state index is 0.109. The van der Waals surface area contributed by atoms with E-state index in [0.29, 0.717) is 25.7 Å². The molecular formula is C91H178O17P2. The number of hydrogen-bond acceptors (Lipinski definition) is 15. The minimum Gasteiger partial charge on any atom is -0.462 e. The molecule has 0 bridgehead atoms. The molecule has 3 N–H and O–H groups in total. The average molecular weight is 1610 g/mol. The van der Waals surface area contributed by atoms with Crippen LogP contribution >= 0.6 is 15.6 Å². The molecular weight excluding hydrogens is 1430 g/mol. The van der Waals surface area contributed by atoms with Crippen LogP contribution in [0.3, 0.4) is 0 Å². The Hall–Kier alpha value is -1.94. The molecule has 0 saturated carbocycles. The summed E-state index contributed by atoms with van der Waals surface area (Å²) in [6.07, 6.45) is 79.4. The molecule has 0 aromatic rings. The van der Waals surface area contributed by atoms with E-state index >= 15 is 0 Å². The van der Waals surface area contributed by atoms with E-state index in [2.05, 4.69) is 34.6 Å². The fourth-order valence-electron chi connectivity index (χ4n) is 14.4. The van der Waals surface area contributed by atoms with Gasteiger partial charge in [0, 0.05) is 25.7 Å². The van der Waals surface area contributed by atoms with E-state index < -0.39 is 97.5 Å². The number of phosphoric ester groups is 2. The lowest BCUT2D eigenvalue weighted by molar-refractivity contribution is -0.161. The molecule has 0 heterocycles. The molecule has 0 rings (SSSR count). The van der Waals surface area contributed by atoms with Gasteiger partial charge in [0.1, 0.15) is 19.3 Å². The molecule has 0 fully saturated rings. The fourth-order valence-corrected chi connectivity index (χ4v) is 15.9. The maximum absolute atomic E-state index is 13.2. The van der Waals surface area contributed by atoms with Gasteiger partial charge in [-0.05, 0) is 31.6 Å². The Balaban J connectivity index is 5.19. The Morgan fingerprint density at radius 2 is 0.418 bits per heavy atom. The Labute approximate surface area is 677 Å². The minimum atomic E-state index is -4.97. The molecule has 654 valence electrons. The van der Waals surface area contributed by atoms with E-state index in [1.165, 1.54) is 321 Å². The van der Waals surface area contributed by atoms with Crippen molar-refractivity contribution in [2.75, 3.05) is 39.6 Å². The van der Waals surface area contributed by atoms with Gasteiger partial charge in [-0.25, -0.2) is 9.13 Å². The summed E-state index contributed by atoms with van der Waals surface area (Å²) in [4.78, 5) is 73.3. The lowest BCUT2D eigenvalue weighted by atomic mass is 10.0. The van der Waals surface area contributed by atoms with Crippen LogP contribution in [0.5, 0.6) is 0 Å². The largest absolute Gasteiger partial charge is 0.472 e. The molecule has 2 unspecified atom stereocenters. The highest BCUT2D eigenvalue weighted by Gasteiger charge is 2.31. The normalized spacial score (nSPS) is 13.7. The maximum Gasteiger partial charge on any atom is 0.472 e. The van der Waals surface area contributed by atoms with Gasteiger partial charge in [0.15, 0.2) is 12.2 Å². The topological polar surface area (TPSA) is 237 Å². The second kappa shape index (κ2) is 83.5. The van der Waals surface area contributed by atoms with Crippen LogP contribution in [-0.4, -0.2) is 96.7 Å². The molecule has 0 aromatic heterocycles. The zero-order chi connectivity index (χ0) is 80.4. The number of aliphatic hydroxyl groups excluding tert-OH is 1. The second-order valence-corrected chi connectivity index (χ2v) is 36.1. The standard InChI is InChI=1S/C91H178O17P2/c1-6-9-12-15-18-21-23-25-27-29-31-33-35-37-42-46-50-55-60-65-70-75-89(94)102-81-87(108-91(96)77-71-66-61-56-51-47-43-38-36-34-32-30-28-26-24-22-19-16-13-10-7-2)83-106-110(99,100)104-79-85(92)78-103-109(97,98)105-82-86(80-101-88(93)74-69-64-59-53-20-17-14-11-8-3)107-90(95)76-72-67-62-57-52-48-44-40-39-41-45-49-54-58-63-68-73-84(4)5/h84-87,92H,6-83H2,1-5H3,(H,97,98)(H,99,100)/t85-,86+,87+/m0/s1. The summed E-state index contributed by atoms with van der Waals surface area (Å²) in [5.74, 6) is -1.29. The summed E-state index contributed by atoms with van der Waals surface area (Å²) in [6, 6.07) is 0. The Morgan fingerprint density at radius 1 is 0.245 bits per heavy atom. The van der Waals surface area contributed by atoms with Crippen LogP contribution in [-0.2, 0) is 65.4 Å². The van der Waals surface area contributed by atoms with Gasteiger partial charge in [-0.15, -0.1) is 0 Å². The fraction of sp³-hybridized carbons (Fsp3) is 0.956. The van der Waals surface area contributed by atoms with Gasteiger partial charge in [0.25, 0.3) is 0 Å². The number of rotatable bonds is 91. The van der Waals surface area contributed by atoms with Crippen molar-refractivity contribution in [2.24, 2.45) is 5.92 Å². The number of carbonyl (C=O) groups excluding carboxylic acids is 4. The van der Waals surface area contributed by atoms with Crippen molar-refractivity contribution < 1.29 is 80.2 Å². The summed E-state index contributed by atoms with van der Waals surface area (Å²) in [7, 11) is -9.93. The third-order valence-corrected chi connectivity index (χ3v) is 23.4. The SMILES string of the molecule is CCCCCCCCCCCCCCCCCCCCCCCC(=O)OC[C@H](COP(=O)(O)OC[C@@H](O)COP(=O)(O)OC[C@@H](COC(=O)CCCCCCCCCCC)OC(=O)CCCCCCCCCCCCCCCCCCC(C)C)OC(=O)CCCCCCCCCCCCCCCCCCCCCCC. The van der Waals surface area contributed by atoms with Crippen LogP contribution in [0.2, 0.25) is 0 Å². The van der Waals surface area contributed by atoms with Crippen molar-refractivity contribution in [3.63, 3.8) is 0 Å². The van der Waals surface area contributed by atoms with Gasteiger partial charge in [0.2, 0.25) is 0 Å². The summed E-state index contributed by atoms with van der Waals surface area (Å²) >= 11 is 0. The predicted molar refractivity (Wildman–Crippen MR) is 455 cm³/mol. The monoisotopic (exact) mass is 1610 g/mol. The number of ether oxygens (including phenoxy) is 4. The van der Waals surface area contributed by atoms with E-state index in [1.807, 2.05) is 0 Å². The molecule has 0 radical (unpaired) electrons. The maximum atomic E-state index is 13.2. The number of carbonyl (C=O) groups is 4. The first kappa shape index (κ1) is 108. The molecule has 0 spiro atoms. The molecule has 0 aliphatic heterocycles.